The highest BCUT2D eigenvalue weighted by molar-refractivity contribution is 6.04. The Morgan fingerprint density at radius 1 is 0.490 bits per heavy atom. The van der Waals surface area contributed by atoms with Crippen LogP contribution in [-0.2, 0) is 17.9 Å². The highest BCUT2D eigenvalue weighted by atomic mass is 17.2. The molecule has 2 N–H and O–H groups in total. The van der Waals surface area contributed by atoms with Crippen molar-refractivity contribution in [2.45, 2.75) is 13.0 Å². The Labute approximate surface area is 282 Å². The van der Waals surface area contributed by atoms with Crippen LogP contribution in [0, 0.1) is 0 Å². The molecule has 6 rings (SSSR count). The Hall–Kier alpha value is -6.51. The van der Waals surface area contributed by atoms with Crippen LogP contribution < -0.4 is 9.62 Å². The zero-order chi connectivity index (χ0) is 34.2. The Kier molecular flexibility index (Phi) is 9.88. The number of carbonyl (C=O) groups excluding carboxylic acids is 1. The maximum absolute atomic E-state index is 13.1. The molecule has 0 radical (unpaired) electrons. The van der Waals surface area contributed by atoms with E-state index in [9.17, 15) is 24.6 Å². The zero-order valence-electron chi connectivity index (χ0n) is 26.1. The lowest BCUT2D eigenvalue weighted by Crippen LogP contribution is -2.14. The molecule has 0 spiro atoms. The fourth-order valence-electron chi connectivity index (χ4n) is 5.34. The summed E-state index contributed by atoms with van der Waals surface area (Å²) in [6.07, 6.45) is 0.589. The number of esters is 1. The van der Waals surface area contributed by atoms with Gasteiger partial charge in [-0.3, -0.25) is 0 Å². The van der Waals surface area contributed by atoms with Gasteiger partial charge in [0.15, 0.2) is 5.75 Å². The molecule has 0 unspecified atom stereocenters. The minimum Gasteiger partial charge on any atom is -0.478 e. The van der Waals surface area contributed by atoms with E-state index < -0.39 is 17.9 Å². The van der Waals surface area contributed by atoms with Crippen molar-refractivity contribution >= 4 is 17.9 Å². The molecule has 0 aromatic heterocycles. The SMILES string of the molecule is O=C(O)c1ccc(-c2ccccc2)cc1COOc1ccc(Cc2ccc(OC(=O)c3cc(-c4ccccc4)ccc3C(=O)O)cc2)cc1. The van der Waals surface area contributed by atoms with Gasteiger partial charge in [-0.2, -0.15) is 4.89 Å². The lowest BCUT2D eigenvalue weighted by Gasteiger charge is -2.11. The van der Waals surface area contributed by atoms with Crippen LogP contribution in [-0.4, -0.2) is 28.1 Å². The summed E-state index contributed by atoms with van der Waals surface area (Å²) < 4.78 is 5.56. The number of hydrogen-bond donors (Lipinski definition) is 2. The van der Waals surface area contributed by atoms with Crippen molar-refractivity contribution in [3.8, 4) is 33.8 Å². The van der Waals surface area contributed by atoms with E-state index in [4.69, 9.17) is 14.5 Å². The molecule has 8 heteroatoms. The van der Waals surface area contributed by atoms with Gasteiger partial charge in [0.2, 0.25) is 0 Å². The van der Waals surface area contributed by atoms with Crippen LogP contribution in [0.3, 0.4) is 0 Å². The second-order valence-corrected chi connectivity index (χ2v) is 11.2. The second kappa shape index (κ2) is 14.9. The number of ether oxygens (including phenoxy) is 1. The molecular weight excluding hydrogens is 620 g/mol. The standard InChI is InChI=1S/C41H30O8/c42-39(43)36-21-15-31(29-7-3-1-4-8-29)24-33(36)26-47-49-35-19-13-28(14-20-35)23-27-11-17-34(18-12-27)48-41(46)38-25-32(16-22-37(38)40(44)45)30-9-5-2-6-10-30/h1-22,24-25H,23,26H2,(H,42,43)(H,44,45). The number of rotatable bonds is 12. The molecule has 0 aliphatic carbocycles. The summed E-state index contributed by atoms with van der Waals surface area (Å²) in [5, 5.41) is 19.3. The van der Waals surface area contributed by atoms with Crippen molar-refractivity contribution in [1.82, 2.24) is 0 Å². The average molecular weight is 651 g/mol. The molecule has 0 heterocycles. The summed E-state index contributed by atoms with van der Waals surface area (Å²) in [6, 6.07) is 43.0. The van der Waals surface area contributed by atoms with Crippen LogP contribution in [0.5, 0.6) is 11.5 Å². The first-order valence-electron chi connectivity index (χ1n) is 15.4. The topological polar surface area (TPSA) is 119 Å². The van der Waals surface area contributed by atoms with Gasteiger partial charge in [0.1, 0.15) is 12.4 Å². The van der Waals surface area contributed by atoms with Gasteiger partial charge in [0.25, 0.3) is 0 Å². The predicted molar refractivity (Wildman–Crippen MR) is 184 cm³/mol. The van der Waals surface area contributed by atoms with Crippen LogP contribution >= 0.6 is 0 Å². The first-order valence-corrected chi connectivity index (χ1v) is 15.4. The third-order valence-electron chi connectivity index (χ3n) is 7.85. The minimum atomic E-state index is -1.22. The van der Waals surface area contributed by atoms with Gasteiger partial charge in [-0.15, -0.1) is 0 Å². The van der Waals surface area contributed by atoms with Crippen molar-refractivity contribution < 1.29 is 39.1 Å². The smallest absolute Gasteiger partial charge is 0.344 e. The molecule has 49 heavy (non-hydrogen) atoms. The van der Waals surface area contributed by atoms with Crippen LogP contribution in [0.4, 0.5) is 0 Å². The zero-order valence-corrected chi connectivity index (χ0v) is 26.1. The minimum absolute atomic E-state index is 0.0350. The quantitative estimate of drug-likeness (QED) is 0.0584. The number of carboxylic acids is 2. The molecular formula is C41H30O8. The first-order chi connectivity index (χ1) is 23.8. The van der Waals surface area contributed by atoms with Gasteiger partial charge in [-0.05, 0) is 93.9 Å². The first kappa shape index (κ1) is 32.4. The Morgan fingerprint density at radius 3 is 1.55 bits per heavy atom. The maximum atomic E-state index is 13.1. The third-order valence-corrected chi connectivity index (χ3v) is 7.85. The highest BCUT2D eigenvalue weighted by Crippen LogP contribution is 2.26. The van der Waals surface area contributed by atoms with E-state index in [0.717, 1.165) is 27.8 Å². The highest BCUT2D eigenvalue weighted by Gasteiger charge is 2.20. The molecule has 0 atom stereocenters. The summed E-state index contributed by atoms with van der Waals surface area (Å²) in [7, 11) is 0. The second-order valence-electron chi connectivity index (χ2n) is 11.2. The Morgan fingerprint density at radius 2 is 1.00 bits per heavy atom. The van der Waals surface area contributed by atoms with E-state index >= 15 is 0 Å². The number of carboxylic acid groups (broad SMARTS) is 2. The lowest BCUT2D eigenvalue weighted by molar-refractivity contribution is -0.217. The van der Waals surface area contributed by atoms with Gasteiger partial charge < -0.3 is 19.8 Å². The van der Waals surface area contributed by atoms with Crippen molar-refractivity contribution in [1.29, 1.82) is 0 Å². The molecule has 0 fully saturated rings. The predicted octanol–water partition coefficient (Wildman–Crippen LogP) is 8.74. The van der Waals surface area contributed by atoms with Crippen molar-refractivity contribution in [3.05, 3.63) is 179 Å². The molecule has 0 aliphatic rings. The third kappa shape index (κ3) is 8.08. The number of aromatic carboxylic acids is 2. The van der Waals surface area contributed by atoms with E-state index in [1.54, 1.807) is 48.5 Å². The molecule has 0 saturated carbocycles. The molecule has 6 aromatic rings. The monoisotopic (exact) mass is 650 g/mol. The van der Waals surface area contributed by atoms with Crippen molar-refractivity contribution in [2.24, 2.45) is 0 Å². The van der Waals surface area contributed by atoms with E-state index in [1.165, 1.54) is 12.1 Å². The molecule has 242 valence electrons. The number of carbonyl (C=O) groups is 3. The van der Waals surface area contributed by atoms with Gasteiger partial charge in [0, 0.05) is 0 Å². The summed E-state index contributed by atoms with van der Waals surface area (Å²) in [4.78, 5) is 47.6. The summed E-state index contributed by atoms with van der Waals surface area (Å²) in [6.45, 7) is -0.0585. The molecule has 0 aliphatic heterocycles. The van der Waals surface area contributed by atoms with Gasteiger partial charge in [-0.1, -0.05) is 97.1 Å². The molecule has 8 nitrogen and oxygen atoms in total. The molecule has 0 saturated heterocycles. The maximum Gasteiger partial charge on any atom is 0.344 e. The van der Waals surface area contributed by atoms with Crippen molar-refractivity contribution in [3.63, 3.8) is 0 Å². The van der Waals surface area contributed by atoms with E-state index in [-0.39, 0.29) is 29.0 Å². The number of hydrogen-bond acceptors (Lipinski definition) is 6. The largest absolute Gasteiger partial charge is 0.478 e. The van der Waals surface area contributed by atoms with Gasteiger partial charge in [0.05, 0.1) is 16.7 Å². The summed E-state index contributed by atoms with van der Waals surface area (Å²) >= 11 is 0. The Balaban J connectivity index is 1.05. The van der Waals surface area contributed by atoms with E-state index in [1.807, 2.05) is 84.9 Å². The van der Waals surface area contributed by atoms with Gasteiger partial charge >= 0.3 is 17.9 Å². The van der Waals surface area contributed by atoms with Crippen molar-refractivity contribution in [2.75, 3.05) is 0 Å². The van der Waals surface area contributed by atoms with Gasteiger partial charge in [-0.25, -0.2) is 14.4 Å². The van der Waals surface area contributed by atoms with Crippen LogP contribution in [0.1, 0.15) is 47.8 Å². The normalized spacial score (nSPS) is 10.7. The number of benzene rings is 6. The average Bonchev–Trinajstić information content (AvgIpc) is 3.13. The fraction of sp³-hybridized carbons (Fsp3) is 0.0488. The Bertz CT molecular complexity index is 2090. The van der Waals surface area contributed by atoms with Crippen LogP contribution in [0.2, 0.25) is 0 Å². The molecule has 0 amide bonds. The summed E-state index contributed by atoms with van der Waals surface area (Å²) in [5.74, 6) is -2.28. The summed E-state index contributed by atoms with van der Waals surface area (Å²) in [5.41, 5.74) is 5.80. The molecule has 6 aromatic carbocycles. The molecule has 0 bridgehead atoms. The fourth-order valence-corrected chi connectivity index (χ4v) is 5.34. The lowest BCUT2D eigenvalue weighted by atomic mass is 9.99. The van der Waals surface area contributed by atoms with E-state index in [0.29, 0.717) is 23.3 Å². The van der Waals surface area contributed by atoms with Crippen LogP contribution in [0.15, 0.2) is 146 Å². The van der Waals surface area contributed by atoms with E-state index in [2.05, 4.69) is 0 Å². The van der Waals surface area contributed by atoms with Crippen LogP contribution in [0.25, 0.3) is 22.3 Å².